The first-order chi connectivity index (χ1) is 14.9. The van der Waals surface area contributed by atoms with Crippen LogP contribution in [0, 0.1) is 5.92 Å². The van der Waals surface area contributed by atoms with Gasteiger partial charge in [-0.1, -0.05) is 12.5 Å². The first-order valence-corrected chi connectivity index (χ1v) is 11.1. The van der Waals surface area contributed by atoms with E-state index < -0.39 is 23.8 Å². The number of nitrogens with zero attached hydrogens (tertiary/aromatic N) is 2. The summed E-state index contributed by atoms with van der Waals surface area (Å²) in [6, 6.07) is 4.47. The molecule has 3 atom stereocenters. The number of carbonyl (C=O) groups is 4. The maximum absolute atomic E-state index is 13.1. The van der Waals surface area contributed by atoms with E-state index in [1.54, 1.807) is 12.1 Å². The number of likely N-dealkylation sites (N-methyl/N-ethyl adjacent to an activating group) is 1. The van der Waals surface area contributed by atoms with Crippen molar-refractivity contribution in [3.8, 4) is 0 Å². The summed E-state index contributed by atoms with van der Waals surface area (Å²) in [4.78, 5) is 53.0. The van der Waals surface area contributed by atoms with Gasteiger partial charge in [-0.3, -0.25) is 34.3 Å². The number of carbonyl (C=O) groups excluding carboxylic acids is 4. The molecule has 31 heavy (non-hydrogen) atoms. The molecular formula is C23H28N4O4. The van der Waals surface area contributed by atoms with Crippen molar-refractivity contribution in [1.82, 2.24) is 20.4 Å². The zero-order valence-corrected chi connectivity index (χ0v) is 17.8. The molecule has 2 saturated heterocycles. The lowest BCUT2D eigenvalue weighted by molar-refractivity contribution is -0.136. The molecule has 8 heteroatoms. The molecule has 1 aromatic carbocycles. The van der Waals surface area contributed by atoms with E-state index in [0.717, 1.165) is 29.5 Å². The molecule has 0 spiro atoms. The van der Waals surface area contributed by atoms with E-state index in [1.165, 1.54) is 25.7 Å². The fourth-order valence-electron chi connectivity index (χ4n) is 5.84. The zero-order chi connectivity index (χ0) is 21.8. The van der Waals surface area contributed by atoms with Crippen molar-refractivity contribution in [3.05, 3.63) is 34.9 Å². The minimum Gasteiger partial charge on any atom is -0.315 e. The summed E-state index contributed by atoms with van der Waals surface area (Å²) in [7, 11) is 2.14. The number of benzene rings is 1. The maximum atomic E-state index is 13.1. The molecular weight excluding hydrogens is 396 g/mol. The fraction of sp³-hybridized carbons (Fsp3) is 0.565. The molecule has 0 radical (unpaired) electrons. The lowest BCUT2D eigenvalue weighted by atomic mass is 9.72. The summed E-state index contributed by atoms with van der Waals surface area (Å²) in [5.74, 6) is -1.13. The topological polar surface area (TPSA) is 98.8 Å². The van der Waals surface area contributed by atoms with Crippen LogP contribution in [0.2, 0.25) is 0 Å². The minimum atomic E-state index is -0.928. The Kier molecular flexibility index (Phi) is 4.94. The largest absolute Gasteiger partial charge is 0.315 e. The van der Waals surface area contributed by atoms with Crippen LogP contribution in [0.5, 0.6) is 0 Å². The van der Waals surface area contributed by atoms with Gasteiger partial charge in [0.05, 0.1) is 11.1 Å². The van der Waals surface area contributed by atoms with E-state index in [0.29, 0.717) is 17.7 Å². The van der Waals surface area contributed by atoms with E-state index in [-0.39, 0.29) is 24.3 Å². The van der Waals surface area contributed by atoms with Crippen LogP contribution in [0.3, 0.4) is 0 Å². The highest BCUT2D eigenvalue weighted by Gasteiger charge is 2.45. The summed E-state index contributed by atoms with van der Waals surface area (Å²) in [5.41, 5.74) is 1.80. The van der Waals surface area contributed by atoms with Crippen molar-refractivity contribution >= 4 is 23.6 Å². The van der Waals surface area contributed by atoms with Crippen molar-refractivity contribution in [2.75, 3.05) is 20.1 Å². The van der Waals surface area contributed by atoms with Crippen LogP contribution in [-0.4, -0.2) is 65.1 Å². The molecule has 4 aliphatic rings. The van der Waals surface area contributed by atoms with Gasteiger partial charge in [-0.15, -0.1) is 0 Å². The van der Waals surface area contributed by atoms with E-state index >= 15 is 0 Å². The van der Waals surface area contributed by atoms with Gasteiger partial charge in [-0.2, -0.15) is 0 Å². The molecule has 5 rings (SSSR count). The Bertz CT molecular complexity index is 964. The van der Waals surface area contributed by atoms with Gasteiger partial charge in [0.15, 0.2) is 0 Å². The fourth-order valence-corrected chi connectivity index (χ4v) is 5.84. The summed E-state index contributed by atoms with van der Waals surface area (Å²) >= 11 is 0. The first-order valence-electron chi connectivity index (χ1n) is 11.1. The van der Waals surface area contributed by atoms with E-state index in [9.17, 15) is 19.2 Å². The van der Waals surface area contributed by atoms with Crippen molar-refractivity contribution in [2.24, 2.45) is 5.92 Å². The number of hydrogen-bond acceptors (Lipinski definition) is 6. The molecule has 164 valence electrons. The lowest BCUT2D eigenvalue weighted by Gasteiger charge is -2.51. The highest BCUT2D eigenvalue weighted by Crippen LogP contribution is 2.39. The van der Waals surface area contributed by atoms with Gasteiger partial charge in [0.25, 0.3) is 11.8 Å². The number of nitrogens with one attached hydrogen (secondary N) is 2. The third-order valence-electron chi connectivity index (χ3n) is 7.54. The SMILES string of the molecule is CN(Cc1ccc2c(c1)C(=O)N(C1CCC(=O)NC1=O)C2=O)C12CCCC(CNC1)C2. The van der Waals surface area contributed by atoms with Gasteiger partial charge in [0.1, 0.15) is 6.04 Å². The highest BCUT2D eigenvalue weighted by atomic mass is 16.2. The number of fused-ring (bicyclic) bond motifs is 3. The molecule has 4 amide bonds. The Morgan fingerprint density at radius 1 is 1.13 bits per heavy atom. The summed E-state index contributed by atoms with van der Waals surface area (Å²) in [6.07, 6.45) is 5.18. The predicted octanol–water partition coefficient (Wildman–Crippen LogP) is 1.05. The number of hydrogen-bond donors (Lipinski definition) is 2. The molecule has 1 saturated carbocycles. The second-order valence-corrected chi connectivity index (χ2v) is 9.50. The molecule has 2 bridgehead atoms. The monoisotopic (exact) mass is 424 g/mol. The second kappa shape index (κ2) is 7.53. The van der Waals surface area contributed by atoms with Crippen LogP contribution in [0.1, 0.15) is 64.8 Å². The van der Waals surface area contributed by atoms with Gasteiger partial charge in [0.2, 0.25) is 11.8 Å². The maximum Gasteiger partial charge on any atom is 0.262 e. The Morgan fingerprint density at radius 3 is 2.74 bits per heavy atom. The highest BCUT2D eigenvalue weighted by molar-refractivity contribution is 6.23. The summed E-state index contributed by atoms with van der Waals surface area (Å²) in [6.45, 7) is 2.77. The Labute approximate surface area is 181 Å². The number of imide groups is 2. The quantitative estimate of drug-likeness (QED) is 0.701. The lowest BCUT2D eigenvalue weighted by Crippen LogP contribution is -2.60. The molecule has 1 aromatic rings. The molecule has 3 fully saturated rings. The number of piperidine rings is 2. The molecule has 3 heterocycles. The van der Waals surface area contributed by atoms with Crippen molar-refractivity contribution in [3.63, 3.8) is 0 Å². The van der Waals surface area contributed by atoms with Crippen LogP contribution in [0.4, 0.5) is 0 Å². The van der Waals surface area contributed by atoms with Crippen molar-refractivity contribution in [2.45, 2.75) is 56.7 Å². The molecule has 0 aromatic heterocycles. The van der Waals surface area contributed by atoms with Gasteiger partial charge >= 0.3 is 0 Å². The average molecular weight is 425 g/mol. The van der Waals surface area contributed by atoms with Crippen LogP contribution in [0.25, 0.3) is 0 Å². The summed E-state index contributed by atoms with van der Waals surface area (Å²) in [5, 5.41) is 5.82. The van der Waals surface area contributed by atoms with Crippen LogP contribution in [0.15, 0.2) is 18.2 Å². The predicted molar refractivity (Wildman–Crippen MR) is 112 cm³/mol. The minimum absolute atomic E-state index is 0.122. The Hall–Kier alpha value is -2.58. The van der Waals surface area contributed by atoms with Gasteiger partial charge in [0, 0.05) is 25.0 Å². The summed E-state index contributed by atoms with van der Waals surface area (Å²) < 4.78 is 0. The molecule has 3 unspecified atom stereocenters. The zero-order valence-electron chi connectivity index (χ0n) is 17.8. The van der Waals surface area contributed by atoms with Crippen LogP contribution in [-0.2, 0) is 16.1 Å². The Morgan fingerprint density at radius 2 is 1.94 bits per heavy atom. The second-order valence-electron chi connectivity index (χ2n) is 9.50. The standard InChI is InChI=1S/C23H28N4O4/c1-26(23-8-2-3-15(10-23)11-24-13-23)12-14-4-5-16-17(9-14)22(31)27(21(16)30)18-6-7-19(28)25-20(18)29/h4-5,9,15,18,24H,2-3,6-8,10-13H2,1H3,(H,25,28,29). The normalized spacial score (nSPS) is 30.6. The van der Waals surface area contributed by atoms with Gasteiger partial charge < -0.3 is 5.32 Å². The van der Waals surface area contributed by atoms with E-state index in [4.69, 9.17) is 0 Å². The van der Waals surface area contributed by atoms with Crippen LogP contribution >= 0.6 is 0 Å². The molecule has 3 aliphatic heterocycles. The third-order valence-corrected chi connectivity index (χ3v) is 7.54. The van der Waals surface area contributed by atoms with Gasteiger partial charge in [-0.25, -0.2) is 0 Å². The molecule has 1 aliphatic carbocycles. The Balaban J connectivity index is 1.36. The average Bonchev–Trinajstić information content (AvgIpc) is 2.98. The van der Waals surface area contributed by atoms with Crippen LogP contribution < -0.4 is 10.6 Å². The first kappa shape index (κ1) is 20.3. The van der Waals surface area contributed by atoms with E-state index in [1.807, 2.05) is 6.07 Å². The molecule has 8 nitrogen and oxygen atoms in total. The smallest absolute Gasteiger partial charge is 0.262 e. The van der Waals surface area contributed by atoms with Crippen molar-refractivity contribution < 1.29 is 19.2 Å². The van der Waals surface area contributed by atoms with Crippen molar-refractivity contribution in [1.29, 1.82) is 0 Å². The van der Waals surface area contributed by atoms with E-state index in [2.05, 4.69) is 22.6 Å². The number of amides is 4. The van der Waals surface area contributed by atoms with Gasteiger partial charge in [-0.05, 0) is 62.9 Å². The molecule has 2 N–H and O–H groups in total. The third kappa shape index (κ3) is 3.38. The number of rotatable bonds is 4.